The quantitative estimate of drug-likeness (QED) is 0.558. The molecule has 0 saturated heterocycles. The van der Waals surface area contributed by atoms with Gasteiger partial charge in [-0.25, -0.2) is 0 Å². The zero-order valence-electron chi connectivity index (χ0n) is 15.7. The van der Waals surface area contributed by atoms with Crippen LogP contribution in [0.3, 0.4) is 0 Å². The van der Waals surface area contributed by atoms with Crippen LogP contribution in [0, 0.1) is 11.3 Å². The summed E-state index contributed by atoms with van der Waals surface area (Å²) in [6.07, 6.45) is 2.38. The fourth-order valence-electron chi connectivity index (χ4n) is 3.90. The highest BCUT2D eigenvalue weighted by Crippen LogP contribution is 2.44. The lowest BCUT2D eigenvalue weighted by Crippen LogP contribution is -2.15. The molecule has 2 aromatic heterocycles. The summed E-state index contributed by atoms with van der Waals surface area (Å²) in [5, 5.41) is 9.61. The van der Waals surface area contributed by atoms with E-state index in [1.165, 1.54) is 11.5 Å². The number of pyridine rings is 1. The number of hydrogen-bond acceptors (Lipinski definition) is 5. The second-order valence-corrected chi connectivity index (χ2v) is 8.01. The van der Waals surface area contributed by atoms with Gasteiger partial charge in [0.2, 0.25) is 5.43 Å². The Morgan fingerprint density at radius 1 is 1.21 bits per heavy atom. The van der Waals surface area contributed by atoms with Crippen LogP contribution < -0.4 is 15.7 Å². The van der Waals surface area contributed by atoms with Crippen molar-refractivity contribution in [2.24, 2.45) is 0 Å². The normalized spacial score (nSPS) is 13.7. The number of fused-ring (bicyclic) bond motifs is 2. The van der Waals surface area contributed by atoms with E-state index < -0.39 is 0 Å². The molecule has 5 rings (SSSR count). The standard InChI is InChI=1S/C22H17N3O3S/c1-28-20-15(13-4-2-12(3-5-13)10-11-23)8-9-16-18(20)25(14-6-7-14)22-17(19(16)26)21(27)24-29-22/h2-5,8-9,14H,6-7,10H2,1H3,(H,24,27). The predicted octanol–water partition coefficient (Wildman–Crippen LogP) is 3.98. The number of nitrogens with zero attached hydrogens (tertiary/aromatic N) is 2. The van der Waals surface area contributed by atoms with Crippen molar-refractivity contribution in [1.82, 2.24) is 8.94 Å². The minimum absolute atomic E-state index is 0.227. The molecular formula is C22H17N3O3S. The Hall–Kier alpha value is -3.37. The molecule has 0 radical (unpaired) electrons. The van der Waals surface area contributed by atoms with E-state index in [1.54, 1.807) is 13.2 Å². The zero-order valence-corrected chi connectivity index (χ0v) is 16.5. The van der Waals surface area contributed by atoms with Crippen molar-refractivity contribution in [1.29, 1.82) is 5.26 Å². The summed E-state index contributed by atoms with van der Waals surface area (Å²) in [6.45, 7) is 0. The van der Waals surface area contributed by atoms with Gasteiger partial charge in [-0.05, 0) is 47.6 Å². The molecule has 1 N–H and O–H groups in total. The molecule has 0 atom stereocenters. The highest BCUT2D eigenvalue weighted by atomic mass is 32.1. The van der Waals surface area contributed by atoms with Crippen LogP contribution in [0.4, 0.5) is 0 Å². The Labute approximate surface area is 169 Å². The Kier molecular flexibility index (Phi) is 4.03. The van der Waals surface area contributed by atoms with Gasteiger partial charge in [0.25, 0.3) is 5.56 Å². The van der Waals surface area contributed by atoms with E-state index in [4.69, 9.17) is 10.00 Å². The molecule has 0 spiro atoms. The van der Waals surface area contributed by atoms with E-state index in [0.717, 1.165) is 35.0 Å². The van der Waals surface area contributed by atoms with E-state index in [0.29, 0.717) is 22.4 Å². The van der Waals surface area contributed by atoms with Crippen LogP contribution in [0.2, 0.25) is 0 Å². The summed E-state index contributed by atoms with van der Waals surface area (Å²) < 4.78 is 10.6. The van der Waals surface area contributed by atoms with Crippen LogP contribution in [0.15, 0.2) is 46.0 Å². The molecule has 2 heterocycles. The summed E-state index contributed by atoms with van der Waals surface area (Å²) >= 11 is 1.21. The largest absolute Gasteiger partial charge is 0.494 e. The van der Waals surface area contributed by atoms with E-state index in [-0.39, 0.29) is 22.4 Å². The highest BCUT2D eigenvalue weighted by molar-refractivity contribution is 7.12. The molecule has 144 valence electrons. The fourth-order valence-corrected chi connectivity index (χ4v) is 4.82. The van der Waals surface area contributed by atoms with Crippen LogP contribution in [0.5, 0.6) is 5.75 Å². The van der Waals surface area contributed by atoms with E-state index in [1.807, 2.05) is 30.3 Å². The molecular weight excluding hydrogens is 386 g/mol. The van der Waals surface area contributed by atoms with Crippen LogP contribution in [0.25, 0.3) is 32.2 Å². The Balaban J connectivity index is 1.86. The lowest BCUT2D eigenvalue weighted by Gasteiger charge is -2.17. The zero-order chi connectivity index (χ0) is 20.1. The maximum Gasteiger partial charge on any atom is 0.271 e. The second kappa shape index (κ2) is 6.61. The minimum Gasteiger partial charge on any atom is -0.494 e. The van der Waals surface area contributed by atoms with Gasteiger partial charge in [0.05, 0.1) is 30.5 Å². The van der Waals surface area contributed by atoms with Gasteiger partial charge >= 0.3 is 0 Å². The molecule has 0 amide bonds. The van der Waals surface area contributed by atoms with Crippen LogP contribution in [0.1, 0.15) is 24.4 Å². The third-order valence-corrected chi connectivity index (χ3v) is 6.29. The summed E-state index contributed by atoms with van der Waals surface area (Å²) in [5.41, 5.74) is 2.92. The number of methoxy groups -OCH3 is 1. The summed E-state index contributed by atoms with van der Waals surface area (Å²) in [6, 6.07) is 13.8. The molecule has 7 heteroatoms. The van der Waals surface area contributed by atoms with Crippen molar-refractivity contribution < 1.29 is 4.74 Å². The number of nitrogens with one attached hydrogen (secondary N) is 1. The summed E-state index contributed by atoms with van der Waals surface area (Å²) in [7, 11) is 1.60. The lowest BCUT2D eigenvalue weighted by molar-refractivity contribution is 0.419. The van der Waals surface area contributed by atoms with Gasteiger partial charge < -0.3 is 9.30 Å². The predicted molar refractivity (Wildman–Crippen MR) is 114 cm³/mol. The van der Waals surface area contributed by atoms with Gasteiger partial charge in [-0.1, -0.05) is 24.3 Å². The van der Waals surface area contributed by atoms with Gasteiger partial charge in [0.15, 0.2) is 5.75 Å². The number of nitriles is 1. The first-order valence-electron chi connectivity index (χ1n) is 9.36. The molecule has 0 bridgehead atoms. The Morgan fingerprint density at radius 2 is 1.97 bits per heavy atom. The number of rotatable bonds is 4. The monoisotopic (exact) mass is 403 g/mol. The fraction of sp³-hybridized carbons (Fsp3) is 0.227. The van der Waals surface area contributed by atoms with Gasteiger partial charge in [-0.15, -0.1) is 0 Å². The lowest BCUT2D eigenvalue weighted by atomic mass is 9.99. The molecule has 0 aliphatic heterocycles. The van der Waals surface area contributed by atoms with Crippen molar-refractivity contribution in [2.45, 2.75) is 25.3 Å². The number of hydrogen-bond donors (Lipinski definition) is 1. The Morgan fingerprint density at radius 3 is 2.62 bits per heavy atom. The molecule has 1 aliphatic rings. The van der Waals surface area contributed by atoms with Crippen molar-refractivity contribution in [3.05, 3.63) is 62.5 Å². The third kappa shape index (κ3) is 2.68. The molecule has 6 nitrogen and oxygen atoms in total. The number of aromatic nitrogens is 2. The first-order valence-corrected chi connectivity index (χ1v) is 10.2. The smallest absolute Gasteiger partial charge is 0.271 e. The molecule has 2 aromatic carbocycles. The molecule has 4 aromatic rings. The van der Waals surface area contributed by atoms with Gasteiger partial charge in [-0.3, -0.25) is 14.0 Å². The second-order valence-electron chi connectivity index (χ2n) is 7.22. The number of ether oxygens (including phenoxy) is 1. The number of aromatic amines is 1. The van der Waals surface area contributed by atoms with Crippen molar-refractivity contribution in [2.75, 3.05) is 7.11 Å². The average Bonchev–Trinajstić information content (AvgIpc) is 3.50. The molecule has 1 fully saturated rings. The average molecular weight is 403 g/mol. The SMILES string of the molecule is COc1c(-c2ccc(CC#N)cc2)ccc2c(=O)c3c(=O)[nH]sc3n(C3CC3)c12. The van der Waals surface area contributed by atoms with Crippen LogP contribution in [-0.4, -0.2) is 16.1 Å². The van der Waals surface area contributed by atoms with Crippen molar-refractivity contribution >= 4 is 32.7 Å². The van der Waals surface area contributed by atoms with Gasteiger partial charge in [-0.2, -0.15) is 5.26 Å². The minimum atomic E-state index is -0.331. The summed E-state index contributed by atoms with van der Waals surface area (Å²) in [4.78, 5) is 26.0. The van der Waals surface area contributed by atoms with Crippen molar-refractivity contribution in [3.8, 4) is 22.9 Å². The molecule has 1 aliphatic carbocycles. The topological polar surface area (TPSA) is 87.9 Å². The number of H-pyrrole nitrogens is 1. The van der Waals surface area contributed by atoms with E-state index in [2.05, 4.69) is 15.0 Å². The number of benzene rings is 2. The molecule has 1 saturated carbocycles. The van der Waals surface area contributed by atoms with Crippen LogP contribution in [-0.2, 0) is 6.42 Å². The first kappa shape index (κ1) is 17.7. The molecule has 29 heavy (non-hydrogen) atoms. The van der Waals surface area contributed by atoms with E-state index >= 15 is 0 Å². The first-order chi connectivity index (χ1) is 14.1. The summed E-state index contributed by atoms with van der Waals surface area (Å²) in [5.74, 6) is 0.627. The highest BCUT2D eigenvalue weighted by Gasteiger charge is 2.30. The Bertz CT molecular complexity index is 1420. The molecule has 0 unspecified atom stereocenters. The maximum atomic E-state index is 13.1. The van der Waals surface area contributed by atoms with Crippen LogP contribution >= 0.6 is 11.5 Å². The third-order valence-electron chi connectivity index (χ3n) is 5.41. The van der Waals surface area contributed by atoms with E-state index in [9.17, 15) is 9.59 Å². The maximum absolute atomic E-state index is 13.1. The van der Waals surface area contributed by atoms with Gasteiger partial charge in [0.1, 0.15) is 10.2 Å². The van der Waals surface area contributed by atoms with Crippen molar-refractivity contribution in [3.63, 3.8) is 0 Å². The van der Waals surface area contributed by atoms with Gasteiger partial charge in [0, 0.05) is 11.6 Å².